The van der Waals surface area contributed by atoms with Crippen molar-refractivity contribution in [3.63, 3.8) is 0 Å². The summed E-state index contributed by atoms with van der Waals surface area (Å²) in [5, 5.41) is -0.721. The summed E-state index contributed by atoms with van der Waals surface area (Å²) in [7, 11) is 2.79. The van der Waals surface area contributed by atoms with Crippen LogP contribution in [0.3, 0.4) is 0 Å². The Hall–Kier alpha value is -0.420. The van der Waals surface area contributed by atoms with Crippen molar-refractivity contribution in [2.75, 3.05) is 14.2 Å². The Kier molecular flexibility index (Phi) is 2.85. The Morgan fingerprint density at radius 3 is 2.58 bits per heavy atom. The van der Waals surface area contributed by atoms with Crippen LogP contribution in [0.5, 0.6) is 0 Å². The van der Waals surface area contributed by atoms with Crippen molar-refractivity contribution in [2.45, 2.75) is 12.1 Å². The molecule has 0 bridgehead atoms. The molecule has 1 heterocycles. The molecule has 12 heavy (non-hydrogen) atoms. The summed E-state index contributed by atoms with van der Waals surface area (Å²) >= 11 is 5.27. The second-order valence-electron chi connectivity index (χ2n) is 2.23. The highest BCUT2D eigenvalue weighted by Gasteiger charge is 2.42. The largest absolute Gasteiger partial charge is 0.352 e. The predicted octanol–water partition coefficient (Wildman–Crippen LogP) is 0.653. The highest BCUT2D eigenvalue weighted by atomic mass is 35.5. The number of carbonyl (C=O) groups excluding carboxylic acids is 1. The van der Waals surface area contributed by atoms with Crippen molar-refractivity contribution in [1.82, 2.24) is 0 Å². The zero-order valence-corrected chi connectivity index (χ0v) is 7.50. The molecule has 0 aromatic heterocycles. The van der Waals surface area contributed by atoms with E-state index in [0.29, 0.717) is 0 Å². The van der Waals surface area contributed by atoms with Gasteiger partial charge in [-0.1, -0.05) is 0 Å². The van der Waals surface area contributed by atoms with E-state index < -0.39 is 17.3 Å². The average Bonchev–Trinajstić information content (AvgIpc) is 2.48. The van der Waals surface area contributed by atoms with E-state index in [1.807, 2.05) is 0 Å². The first-order chi connectivity index (χ1) is 5.64. The van der Waals surface area contributed by atoms with Gasteiger partial charge in [0, 0.05) is 14.2 Å². The lowest BCUT2D eigenvalue weighted by molar-refractivity contribution is -0.229. The maximum atomic E-state index is 10.9. The topological polar surface area (TPSA) is 44.8 Å². The number of halogens is 1. The summed E-state index contributed by atoms with van der Waals surface area (Å²) in [4.78, 5) is 10.9. The Labute approximate surface area is 75.0 Å². The third-order valence-electron chi connectivity index (χ3n) is 1.57. The molecule has 0 saturated heterocycles. The van der Waals surface area contributed by atoms with Gasteiger partial charge in [0.2, 0.25) is 0 Å². The van der Waals surface area contributed by atoms with Crippen LogP contribution in [-0.4, -0.2) is 31.5 Å². The maximum Gasteiger partial charge on any atom is 0.285 e. The second kappa shape index (κ2) is 3.53. The van der Waals surface area contributed by atoms with E-state index in [9.17, 15) is 4.79 Å². The highest BCUT2D eigenvalue weighted by molar-refractivity contribution is 6.65. The zero-order chi connectivity index (χ0) is 9.19. The van der Waals surface area contributed by atoms with Gasteiger partial charge in [-0.15, -0.1) is 0 Å². The number of ether oxygens (including phenoxy) is 3. The quantitative estimate of drug-likeness (QED) is 0.487. The summed E-state index contributed by atoms with van der Waals surface area (Å²) in [6.07, 6.45) is 2.41. The molecular formula is C7H9ClO4. The third-order valence-corrected chi connectivity index (χ3v) is 1.84. The van der Waals surface area contributed by atoms with Crippen LogP contribution in [0.25, 0.3) is 0 Å². The van der Waals surface area contributed by atoms with Gasteiger partial charge in [-0.3, -0.25) is 4.79 Å². The van der Waals surface area contributed by atoms with E-state index in [1.54, 1.807) is 6.08 Å². The molecule has 2 atom stereocenters. The van der Waals surface area contributed by atoms with Crippen LogP contribution in [0.1, 0.15) is 0 Å². The molecule has 0 radical (unpaired) electrons. The van der Waals surface area contributed by atoms with Crippen molar-refractivity contribution in [1.29, 1.82) is 0 Å². The first-order valence-corrected chi connectivity index (χ1v) is 3.67. The number of hydrogen-bond acceptors (Lipinski definition) is 4. The first kappa shape index (κ1) is 9.67. The van der Waals surface area contributed by atoms with Crippen molar-refractivity contribution in [2.24, 2.45) is 0 Å². The minimum atomic E-state index is -1.47. The Morgan fingerprint density at radius 1 is 1.67 bits per heavy atom. The lowest BCUT2D eigenvalue weighted by Gasteiger charge is -2.22. The van der Waals surface area contributed by atoms with Crippen LogP contribution in [0.4, 0.5) is 0 Å². The van der Waals surface area contributed by atoms with E-state index in [1.165, 1.54) is 20.3 Å². The molecule has 2 unspecified atom stereocenters. The number of hydrogen-bond donors (Lipinski definition) is 0. The van der Waals surface area contributed by atoms with E-state index >= 15 is 0 Å². The van der Waals surface area contributed by atoms with Crippen LogP contribution >= 0.6 is 11.6 Å². The lowest BCUT2D eigenvalue weighted by atomic mass is 10.3. The zero-order valence-electron chi connectivity index (χ0n) is 6.74. The van der Waals surface area contributed by atoms with Gasteiger partial charge in [-0.25, -0.2) is 0 Å². The van der Waals surface area contributed by atoms with Gasteiger partial charge < -0.3 is 14.2 Å². The summed E-state index contributed by atoms with van der Waals surface area (Å²) in [6.45, 7) is 0. The van der Waals surface area contributed by atoms with Crippen LogP contribution in [0, 0.1) is 0 Å². The summed E-state index contributed by atoms with van der Waals surface area (Å²) in [6, 6.07) is 0. The monoisotopic (exact) mass is 192 g/mol. The molecule has 0 saturated carbocycles. The van der Waals surface area contributed by atoms with Crippen LogP contribution < -0.4 is 0 Å². The van der Waals surface area contributed by atoms with Gasteiger partial charge in [0.25, 0.3) is 11.0 Å². The lowest BCUT2D eigenvalue weighted by Crippen LogP contribution is -2.38. The average molecular weight is 193 g/mol. The van der Waals surface area contributed by atoms with E-state index in [4.69, 9.17) is 25.8 Å². The molecule has 1 aliphatic rings. The number of rotatable bonds is 3. The molecule has 0 aliphatic carbocycles. The van der Waals surface area contributed by atoms with Crippen molar-refractivity contribution >= 4 is 16.8 Å². The maximum absolute atomic E-state index is 10.9. The number of carbonyl (C=O) groups is 1. The van der Waals surface area contributed by atoms with Crippen molar-refractivity contribution < 1.29 is 19.0 Å². The van der Waals surface area contributed by atoms with Crippen LogP contribution in [-0.2, 0) is 19.0 Å². The summed E-state index contributed by atoms with van der Waals surface area (Å²) in [5.74, 6) is -1.47. The van der Waals surface area contributed by atoms with E-state index in [2.05, 4.69) is 0 Å². The minimum absolute atomic E-state index is 0.576. The fraction of sp³-hybridized carbons (Fsp3) is 0.571. The summed E-state index contributed by atoms with van der Waals surface area (Å²) < 4.78 is 14.7. The fourth-order valence-electron chi connectivity index (χ4n) is 0.891. The molecule has 5 heteroatoms. The molecule has 0 amide bonds. The molecule has 1 aliphatic heterocycles. The molecule has 0 fully saturated rings. The molecule has 0 aromatic carbocycles. The highest BCUT2D eigenvalue weighted by Crippen LogP contribution is 2.26. The third kappa shape index (κ3) is 1.51. The molecule has 68 valence electrons. The number of methoxy groups -OCH3 is 2. The van der Waals surface area contributed by atoms with Gasteiger partial charge in [0.1, 0.15) is 0 Å². The smallest absolute Gasteiger partial charge is 0.285 e. The van der Waals surface area contributed by atoms with Gasteiger partial charge in [-0.2, -0.15) is 0 Å². The van der Waals surface area contributed by atoms with Crippen molar-refractivity contribution in [3.8, 4) is 0 Å². The molecule has 0 N–H and O–H groups in total. The van der Waals surface area contributed by atoms with E-state index in [-0.39, 0.29) is 0 Å². The second-order valence-corrected chi connectivity index (χ2v) is 2.57. The van der Waals surface area contributed by atoms with Crippen LogP contribution in [0.2, 0.25) is 0 Å². The van der Waals surface area contributed by atoms with Crippen molar-refractivity contribution in [3.05, 3.63) is 12.2 Å². The minimum Gasteiger partial charge on any atom is -0.352 e. The Bertz CT molecular complexity index is 215. The first-order valence-electron chi connectivity index (χ1n) is 3.29. The molecular weight excluding hydrogens is 184 g/mol. The predicted molar refractivity (Wildman–Crippen MR) is 41.6 cm³/mol. The van der Waals surface area contributed by atoms with Gasteiger partial charge >= 0.3 is 0 Å². The Balaban J connectivity index is 2.74. The van der Waals surface area contributed by atoms with Crippen LogP contribution in [0.15, 0.2) is 12.2 Å². The van der Waals surface area contributed by atoms with Gasteiger partial charge in [0.05, 0.1) is 0 Å². The van der Waals surface area contributed by atoms with Gasteiger partial charge in [-0.05, 0) is 23.8 Å². The molecule has 1 rings (SSSR count). The SMILES string of the molecule is COC1C=CC(OC)(C(=O)Cl)O1. The summed E-state index contributed by atoms with van der Waals surface area (Å²) in [5.41, 5.74) is 0. The normalized spacial score (nSPS) is 34.1. The Morgan fingerprint density at radius 2 is 2.33 bits per heavy atom. The standard InChI is InChI=1S/C7H9ClO4/c1-10-5-3-4-7(11-2,12-5)6(8)9/h3-5H,1-2H3. The molecule has 0 aromatic rings. The van der Waals surface area contributed by atoms with Gasteiger partial charge in [0.15, 0.2) is 6.29 Å². The molecule has 4 nitrogen and oxygen atoms in total. The molecule has 0 spiro atoms. The van der Waals surface area contributed by atoms with E-state index in [0.717, 1.165) is 0 Å². The fourth-order valence-corrected chi connectivity index (χ4v) is 1.08.